The summed E-state index contributed by atoms with van der Waals surface area (Å²) in [6, 6.07) is 11.1. The zero-order valence-electron chi connectivity index (χ0n) is 19.9. The lowest BCUT2D eigenvalue weighted by molar-refractivity contribution is -0.384. The van der Waals surface area contributed by atoms with Gasteiger partial charge in [0.15, 0.2) is 0 Å². The number of nitro benzene ring substituents is 1. The van der Waals surface area contributed by atoms with Crippen molar-refractivity contribution in [2.75, 3.05) is 65.6 Å². The summed E-state index contributed by atoms with van der Waals surface area (Å²) < 4.78 is 25.1. The largest absolute Gasteiger partial charge is 0.379 e. The minimum atomic E-state index is -0.514. The molecule has 36 heavy (non-hydrogen) atoms. The predicted molar refractivity (Wildman–Crippen MR) is 128 cm³/mol. The van der Waals surface area contributed by atoms with Gasteiger partial charge in [0.1, 0.15) is 5.82 Å². The van der Waals surface area contributed by atoms with Crippen LogP contribution in [0.15, 0.2) is 48.5 Å². The van der Waals surface area contributed by atoms with Crippen molar-refractivity contribution >= 4 is 17.5 Å². The van der Waals surface area contributed by atoms with E-state index >= 15 is 0 Å². The van der Waals surface area contributed by atoms with Crippen molar-refractivity contribution in [3.05, 3.63) is 75.6 Å². The van der Waals surface area contributed by atoms with E-state index in [1.807, 2.05) is 0 Å². The molecule has 0 aromatic heterocycles. The van der Waals surface area contributed by atoms with Crippen molar-refractivity contribution in [3.8, 4) is 0 Å². The van der Waals surface area contributed by atoms with Gasteiger partial charge in [0, 0.05) is 69.1 Å². The number of rotatable bonds is 8. The summed E-state index contributed by atoms with van der Waals surface area (Å²) in [4.78, 5) is 42.2. The van der Waals surface area contributed by atoms with E-state index in [1.165, 1.54) is 42.5 Å². The Morgan fingerprint density at radius 1 is 1.06 bits per heavy atom. The summed E-state index contributed by atoms with van der Waals surface area (Å²) in [5.41, 5.74) is 0.519. The molecule has 2 amide bonds. The molecular formula is C25H29FN4O6. The molecule has 2 aromatic rings. The number of carbonyl (C=O) groups excluding carboxylic acids is 2. The second-order valence-corrected chi connectivity index (χ2v) is 8.76. The van der Waals surface area contributed by atoms with E-state index in [1.54, 1.807) is 15.9 Å². The van der Waals surface area contributed by atoms with Gasteiger partial charge >= 0.3 is 0 Å². The van der Waals surface area contributed by atoms with E-state index in [4.69, 9.17) is 9.47 Å². The number of nitrogens with zero attached hydrogens (tertiary/aromatic N) is 4. The summed E-state index contributed by atoms with van der Waals surface area (Å²) in [6.07, 6.45) is -0.428. The number of morpholine rings is 2. The van der Waals surface area contributed by atoms with E-state index < -0.39 is 16.8 Å². The molecule has 2 heterocycles. The van der Waals surface area contributed by atoms with Crippen molar-refractivity contribution in [1.29, 1.82) is 0 Å². The van der Waals surface area contributed by atoms with E-state index in [0.717, 1.165) is 13.1 Å². The molecule has 10 nitrogen and oxygen atoms in total. The lowest BCUT2D eigenvalue weighted by atomic mass is 10.1. The highest BCUT2D eigenvalue weighted by atomic mass is 19.1. The van der Waals surface area contributed by atoms with Gasteiger partial charge in [-0.1, -0.05) is 6.07 Å². The number of hydrogen-bond acceptors (Lipinski definition) is 7. The average molecular weight is 501 g/mol. The second-order valence-electron chi connectivity index (χ2n) is 8.76. The monoisotopic (exact) mass is 500 g/mol. The van der Waals surface area contributed by atoms with Gasteiger partial charge in [0.2, 0.25) is 0 Å². The highest BCUT2D eigenvalue weighted by molar-refractivity contribution is 5.95. The zero-order chi connectivity index (χ0) is 25.5. The SMILES string of the molecule is O=C(c1ccc([N+](=O)[O-])cc1)N1CCO[C@H](CN(CCN2CCOCC2)C(=O)c2cccc(F)c2)C1. The second kappa shape index (κ2) is 12.0. The molecule has 2 saturated heterocycles. The Bertz CT molecular complexity index is 1080. The minimum Gasteiger partial charge on any atom is -0.379 e. The maximum absolute atomic E-state index is 13.8. The molecule has 2 aromatic carbocycles. The lowest BCUT2D eigenvalue weighted by Crippen LogP contribution is -2.52. The molecule has 0 unspecified atom stereocenters. The molecule has 11 heteroatoms. The van der Waals surface area contributed by atoms with Crippen molar-refractivity contribution < 1.29 is 28.4 Å². The summed E-state index contributed by atoms with van der Waals surface area (Å²) in [7, 11) is 0. The first-order valence-electron chi connectivity index (χ1n) is 11.9. The van der Waals surface area contributed by atoms with Gasteiger partial charge in [-0.25, -0.2) is 4.39 Å². The summed E-state index contributed by atoms with van der Waals surface area (Å²) >= 11 is 0. The van der Waals surface area contributed by atoms with E-state index in [9.17, 15) is 24.1 Å². The Kier molecular flexibility index (Phi) is 8.57. The van der Waals surface area contributed by atoms with E-state index in [2.05, 4.69) is 4.90 Å². The number of hydrogen-bond donors (Lipinski definition) is 0. The van der Waals surface area contributed by atoms with Crippen LogP contribution in [-0.2, 0) is 9.47 Å². The lowest BCUT2D eigenvalue weighted by Gasteiger charge is -2.36. The van der Waals surface area contributed by atoms with Crippen molar-refractivity contribution in [3.63, 3.8) is 0 Å². The number of amides is 2. The van der Waals surface area contributed by atoms with Crippen LogP contribution in [0.2, 0.25) is 0 Å². The average Bonchev–Trinajstić information content (AvgIpc) is 2.91. The molecule has 1 atom stereocenters. The Labute approximate surface area is 208 Å². The molecule has 0 radical (unpaired) electrons. The molecular weight excluding hydrogens is 471 g/mol. The summed E-state index contributed by atoms with van der Waals surface area (Å²) in [6.45, 7) is 5.08. The first-order valence-corrected chi connectivity index (χ1v) is 11.9. The number of benzene rings is 2. The third-order valence-corrected chi connectivity index (χ3v) is 6.32. The Morgan fingerprint density at radius 3 is 2.50 bits per heavy atom. The van der Waals surface area contributed by atoms with Gasteiger partial charge in [-0.15, -0.1) is 0 Å². The maximum atomic E-state index is 13.8. The van der Waals surface area contributed by atoms with Gasteiger partial charge < -0.3 is 19.3 Å². The Hall–Kier alpha value is -3.41. The van der Waals surface area contributed by atoms with Crippen LogP contribution in [0.4, 0.5) is 10.1 Å². The van der Waals surface area contributed by atoms with Gasteiger partial charge in [-0.2, -0.15) is 0 Å². The number of halogens is 1. The van der Waals surface area contributed by atoms with Crippen molar-refractivity contribution in [2.24, 2.45) is 0 Å². The van der Waals surface area contributed by atoms with E-state index in [-0.39, 0.29) is 36.2 Å². The third kappa shape index (κ3) is 6.62. The van der Waals surface area contributed by atoms with Gasteiger partial charge in [0.25, 0.3) is 17.5 Å². The fourth-order valence-electron chi connectivity index (χ4n) is 4.34. The molecule has 192 valence electrons. The van der Waals surface area contributed by atoms with Crippen LogP contribution in [0, 0.1) is 15.9 Å². The molecule has 0 spiro atoms. The van der Waals surface area contributed by atoms with Crippen LogP contribution in [0.5, 0.6) is 0 Å². The maximum Gasteiger partial charge on any atom is 0.269 e. The van der Waals surface area contributed by atoms with Gasteiger partial charge in [0.05, 0.1) is 30.8 Å². The number of nitro groups is 1. The fraction of sp³-hybridized carbons (Fsp3) is 0.440. The minimum absolute atomic E-state index is 0.0850. The predicted octanol–water partition coefficient (Wildman–Crippen LogP) is 2.05. The molecule has 2 aliphatic heterocycles. The fourth-order valence-corrected chi connectivity index (χ4v) is 4.34. The molecule has 0 N–H and O–H groups in total. The van der Waals surface area contributed by atoms with Crippen LogP contribution in [0.1, 0.15) is 20.7 Å². The Balaban J connectivity index is 1.43. The highest BCUT2D eigenvalue weighted by Gasteiger charge is 2.29. The third-order valence-electron chi connectivity index (χ3n) is 6.32. The van der Waals surface area contributed by atoms with Gasteiger partial charge in [-0.05, 0) is 30.3 Å². The number of non-ortho nitro benzene ring substituents is 1. The smallest absolute Gasteiger partial charge is 0.269 e. The molecule has 0 bridgehead atoms. The first kappa shape index (κ1) is 25.7. The van der Waals surface area contributed by atoms with Crippen LogP contribution in [-0.4, -0.2) is 103 Å². The first-order chi connectivity index (χ1) is 17.4. The van der Waals surface area contributed by atoms with Crippen LogP contribution in [0.25, 0.3) is 0 Å². The molecule has 4 rings (SSSR count). The Morgan fingerprint density at radius 2 is 1.81 bits per heavy atom. The van der Waals surface area contributed by atoms with Crippen LogP contribution < -0.4 is 0 Å². The highest BCUT2D eigenvalue weighted by Crippen LogP contribution is 2.17. The van der Waals surface area contributed by atoms with Crippen molar-refractivity contribution in [1.82, 2.24) is 14.7 Å². The van der Waals surface area contributed by atoms with Crippen LogP contribution in [0.3, 0.4) is 0 Å². The topological polar surface area (TPSA) is 105 Å². The normalized spacial score (nSPS) is 18.6. The molecule has 0 saturated carbocycles. The molecule has 2 aliphatic rings. The van der Waals surface area contributed by atoms with Gasteiger partial charge in [-0.3, -0.25) is 24.6 Å². The quantitative estimate of drug-likeness (QED) is 0.404. The number of carbonyl (C=O) groups is 2. The summed E-state index contributed by atoms with van der Waals surface area (Å²) in [5, 5.41) is 10.9. The number of ether oxygens (including phenoxy) is 2. The standard InChI is InChI=1S/C25H29FN4O6/c26-21-3-1-2-20(16-21)25(32)28(9-8-27-10-13-35-14-11-27)17-23-18-29(12-15-36-23)24(31)19-4-6-22(7-5-19)30(33)34/h1-7,16,23H,8-15,17-18H2/t23-/m1/s1. The summed E-state index contributed by atoms with van der Waals surface area (Å²) in [5.74, 6) is -1.04. The zero-order valence-corrected chi connectivity index (χ0v) is 19.9. The van der Waals surface area contributed by atoms with E-state index in [0.29, 0.717) is 45.0 Å². The van der Waals surface area contributed by atoms with Crippen molar-refractivity contribution in [2.45, 2.75) is 6.10 Å². The van der Waals surface area contributed by atoms with Crippen LogP contribution >= 0.6 is 0 Å². The molecule has 2 fully saturated rings. The molecule has 0 aliphatic carbocycles.